The van der Waals surface area contributed by atoms with Gasteiger partial charge < -0.3 is 4.74 Å². The van der Waals surface area contributed by atoms with Gasteiger partial charge in [0.1, 0.15) is 10.9 Å². The van der Waals surface area contributed by atoms with Crippen molar-refractivity contribution in [3.63, 3.8) is 0 Å². The smallest absolute Gasteiger partial charge is 0.302 e. The fraction of sp³-hybridized carbons (Fsp3) is 0.167. The number of hydrogen-bond donors (Lipinski definition) is 0. The molecule has 0 aliphatic carbocycles. The molecule has 1 aromatic heterocycles. The molecule has 1 aliphatic rings. The molecule has 58 valence electrons. The Balaban J connectivity index is 2.40. The Morgan fingerprint density at radius 3 is 3.18 bits per heavy atom. The fourth-order valence-corrected chi connectivity index (χ4v) is 1.65. The van der Waals surface area contributed by atoms with Gasteiger partial charge in [-0.2, -0.15) is 4.98 Å². The molecule has 0 fully saturated rings. The van der Waals surface area contributed by atoms with Crippen LogP contribution in [0.25, 0.3) is 0 Å². The van der Waals surface area contributed by atoms with E-state index in [-0.39, 0.29) is 0 Å². The summed E-state index contributed by atoms with van der Waals surface area (Å²) < 4.78 is 8.88. The van der Waals surface area contributed by atoms with Crippen LogP contribution in [0.5, 0.6) is 6.01 Å². The van der Waals surface area contributed by atoms with Gasteiger partial charge in [-0.25, -0.2) is 0 Å². The Labute approximate surface area is 80.3 Å². The van der Waals surface area contributed by atoms with Crippen molar-refractivity contribution >= 4 is 31.9 Å². The van der Waals surface area contributed by atoms with E-state index in [0.717, 1.165) is 15.6 Å². The lowest BCUT2D eigenvalue weighted by molar-refractivity contribution is 0.394. The Hall–Kier alpha value is -0.290. The molecule has 0 unspecified atom stereocenters. The minimum absolute atomic E-state index is 0.625. The molecule has 0 radical (unpaired) electrons. The number of fused-ring (bicyclic) bond motifs is 1. The summed E-state index contributed by atoms with van der Waals surface area (Å²) in [5.74, 6) is 0. The number of nitrogens with zero attached hydrogens (tertiary/aromatic N) is 2. The number of allylic oxidation sites excluding steroid dienone is 1. The summed E-state index contributed by atoms with van der Waals surface area (Å²) >= 11 is 6.60. The number of halogens is 2. The van der Waals surface area contributed by atoms with Crippen LogP contribution < -0.4 is 4.74 Å². The molecule has 0 bridgehead atoms. The van der Waals surface area contributed by atoms with E-state index in [1.807, 2.05) is 10.8 Å². The van der Waals surface area contributed by atoms with Crippen LogP contribution >= 0.6 is 31.9 Å². The van der Waals surface area contributed by atoms with Crippen LogP contribution in [-0.4, -0.2) is 9.55 Å². The SMILES string of the molecule is BrC1=COc2nc(Br)cn2C1. The lowest BCUT2D eigenvalue weighted by Crippen LogP contribution is -2.05. The zero-order chi connectivity index (χ0) is 7.84. The summed E-state index contributed by atoms with van der Waals surface area (Å²) in [4.78, 5) is 4.08. The topological polar surface area (TPSA) is 27.1 Å². The maximum absolute atomic E-state index is 5.17. The highest BCUT2D eigenvalue weighted by atomic mass is 79.9. The summed E-state index contributed by atoms with van der Waals surface area (Å²) in [6, 6.07) is 0.625. The Kier molecular flexibility index (Phi) is 1.77. The van der Waals surface area contributed by atoms with Crippen LogP contribution in [0.1, 0.15) is 0 Å². The fourth-order valence-electron chi connectivity index (χ4n) is 0.892. The minimum Gasteiger partial charge on any atom is -0.433 e. The summed E-state index contributed by atoms with van der Waals surface area (Å²) in [6.45, 7) is 0.786. The van der Waals surface area contributed by atoms with Gasteiger partial charge in [-0.05, 0) is 15.9 Å². The van der Waals surface area contributed by atoms with Gasteiger partial charge in [-0.1, -0.05) is 15.9 Å². The number of hydrogen-bond acceptors (Lipinski definition) is 2. The average Bonchev–Trinajstić information content (AvgIpc) is 2.27. The van der Waals surface area contributed by atoms with E-state index in [1.165, 1.54) is 0 Å². The van der Waals surface area contributed by atoms with Crippen LogP contribution in [0.15, 0.2) is 21.5 Å². The summed E-state index contributed by atoms with van der Waals surface area (Å²) in [6.07, 6.45) is 3.53. The van der Waals surface area contributed by atoms with Crippen molar-refractivity contribution in [3.8, 4) is 6.01 Å². The molecule has 0 amide bonds. The van der Waals surface area contributed by atoms with Crippen molar-refractivity contribution in [2.75, 3.05) is 0 Å². The van der Waals surface area contributed by atoms with Crippen molar-refractivity contribution in [1.29, 1.82) is 0 Å². The van der Waals surface area contributed by atoms with E-state index in [4.69, 9.17) is 4.74 Å². The molecule has 0 N–H and O–H groups in total. The number of imidazole rings is 1. The van der Waals surface area contributed by atoms with Gasteiger partial charge in [0.15, 0.2) is 0 Å². The second-order valence-electron chi connectivity index (χ2n) is 2.16. The van der Waals surface area contributed by atoms with Crippen molar-refractivity contribution < 1.29 is 4.74 Å². The predicted molar refractivity (Wildman–Crippen MR) is 47.6 cm³/mol. The largest absolute Gasteiger partial charge is 0.433 e. The zero-order valence-electron chi connectivity index (χ0n) is 5.42. The molecule has 0 saturated carbocycles. The van der Waals surface area contributed by atoms with Gasteiger partial charge in [0.05, 0.1) is 11.0 Å². The van der Waals surface area contributed by atoms with Gasteiger partial charge in [-0.3, -0.25) is 4.57 Å². The molecular weight excluding hydrogens is 276 g/mol. The Morgan fingerprint density at radius 1 is 1.55 bits per heavy atom. The summed E-state index contributed by atoms with van der Waals surface area (Å²) in [5, 5.41) is 0. The zero-order valence-corrected chi connectivity index (χ0v) is 8.59. The molecule has 1 aliphatic heterocycles. The highest BCUT2D eigenvalue weighted by Gasteiger charge is 2.12. The molecule has 0 atom stereocenters. The average molecular weight is 280 g/mol. The van der Waals surface area contributed by atoms with Crippen molar-refractivity contribution in [1.82, 2.24) is 9.55 Å². The van der Waals surface area contributed by atoms with Crippen molar-refractivity contribution in [3.05, 3.63) is 21.5 Å². The quantitative estimate of drug-likeness (QED) is 0.729. The highest BCUT2D eigenvalue weighted by molar-refractivity contribution is 9.11. The maximum atomic E-state index is 5.17. The van der Waals surface area contributed by atoms with Gasteiger partial charge >= 0.3 is 6.01 Å². The third kappa shape index (κ3) is 1.35. The van der Waals surface area contributed by atoms with Gasteiger partial charge in [-0.15, -0.1) is 0 Å². The monoisotopic (exact) mass is 278 g/mol. The van der Waals surface area contributed by atoms with Crippen molar-refractivity contribution in [2.24, 2.45) is 0 Å². The third-order valence-electron chi connectivity index (χ3n) is 1.32. The summed E-state index contributed by atoms with van der Waals surface area (Å²) in [7, 11) is 0. The lowest BCUT2D eigenvalue weighted by Gasteiger charge is -2.10. The van der Waals surface area contributed by atoms with Crippen LogP contribution in [0, 0.1) is 0 Å². The normalized spacial score (nSPS) is 15.3. The van der Waals surface area contributed by atoms with E-state index in [9.17, 15) is 0 Å². The molecule has 3 nitrogen and oxygen atoms in total. The lowest BCUT2D eigenvalue weighted by atomic mass is 10.5. The van der Waals surface area contributed by atoms with Crippen LogP contribution in [0.2, 0.25) is 0 Å². The van der Waals surface area contributed by atoms with E-state index in [1.54, 1.807) is 6.26 Å². The van der Waals surface area contributed by atoms with Gasteiger partial charge in [0, 0.05) is 6.20 Å². The molecule has 0 spiro atoms. The molecule has 2 heterocycles. The molecule has 1 aromatic rings. The van der Waals surface area contributed by atoms with E-state index in [2.05, 4.69) is 36.8 Å². The Bertz CT molecular complexity index is 318. The first kappa shape index (κ1) is 7.36. The minimum atomic E-state index is 0.625. The predicted octanol–water partition coefficient (Wildman–Crippen LogP) is 2.27. The van der Waals surface area contributed by atoms with Crippen LogP contribution in [-0.2, 0) is 6.54 Å². The second-order valence-corrected chi connectivity index (χ2v) is 3.99. The maximum Gasteiger partial charge on any atom is 0.302 e. The number of rotatable bonds is 0. The number of aromatic nitrogens is 2. The van der Waals surface area contributed by atoms with Crippen molar-refractivity contribution in [2.45, 2.75) is 6.54 Å². The molecule has 0 saturated heterocycles. The molecular formula is C6H4Br2N2O. The molecule has 11 heavy (non-hydrogen) atoms. The van der Waals surface area contributed by atoms with Crippen LogP contribution in [0.3, 0.4) is 0 Å². The first-order valence-corrected chi connectivity index (χ1v) is 4.58. The molecule has 2 rings (SSSR count). The van der Waals surface area contributed by atoms with E-state index >= 15 is 0 Å². The first-order valence-electron chi connectivity index (χ1n) is 2.99. The standard InChI is InChI=1S/C6H4Br2N2O/c7-4-1-10-2-5(8)9-6(10)11-3-4/h2-3H,1H2. The highest BCUT2D eigenvalue weighted by Crippen LogP contribution is 2.23. The first-order chi connectivity index (χ1) is 5.25. The van der Waals surface area contributed by atoms with E-state index in [0.29, 0.717) is 6.01 Å². The summed E-state index contributed by atoms with van der Waals surface area (Å²) in [5.41, 5.74) is 0. The van der Waals surface area contributed by atoms with Gasteiger partial charge in [0.2, 0.25) is 0 Å². The molecule has 0 aromatic carbocycles. The Morgan fingerprint density at radius 2 is 2.36 bits per heavy atom. The van der Waals surface area contributed by atoms with Crippen LogP contribution in [0.4, 0.5) is 0 Å². The van der Waals surface area contributed by atoms with E-state index < -0.39 is 0 Å². The van der Waals surface area contributed by atoms with Gasteiger partial charge in [0.25, 0.3) is 0 Å². The molecule has 5 heteroatoms. The third-order valence-corrected chi connectivity index (χ3v) is 2.14. The second kappa shape index (κ2) is 2.64. The number of ether oxygens (including phenoxy) is 1.